The minimum absolute atomic E-state index is 0. The number of rotatable bonds is 4. The molecule has 4 atom stereocenters. The zero-order chi connectivity index (χ0) is 20.6. The molecule has 0 aromatic rings. The fourth-order valence-electron chi connectivity index (χ4n) is 0. The van der Waals surface area contributed by atoms with E-state index in [-0.39, 0.29) is 7.43 Å². The fraction of sp³-hybridized carbons (Fsp3) is 0.615. The molecular formula is C13H20O12. The summed E-state index contributed by atoms with van der Waals surface area (Å²) in [4.78, 5) is 37.4. The van der Waals surface area contributed by atoms with Crippen LogP contribution in [0.4, 0.5) is 0 Å². The van der Waals surface area contributed by atoms with Gasteiger partial charge in [0.2, 0.25) is 0 Å². The van der Waals surface area contributed by atoms with Crippen LogP contribution in [0.15, 0.2) is 0 Å². The summed E-state index contributed by atoms with van der Waals surface area (Å²) in [6, 6.07) is 0. The summed E-state index contributed by atoms with van der Waals surface area (Å²) in [5.74, 6) is -5.74. The molecule has 0 aromatic heterocycles. The Morgan fingerprint density at radius 3 is 0.560 bits per heavy atom. The van der Waals surface area contributed by atoms with Crippen molar-refractivity contribution < 1.29 is 60.0 Å². The molecule has 4 unspecified atom stereocenters. The molecule has 0 amide bonds. The van der Waals surface area contributed by atoms with Crippen molar-refractivity contribution in [1.82, 2.24) is 0 Å². The van der Waals surface area contributed by atoms with Gasteiger partial charge in [-0.1, -0.05) is 0 Å². The number of aliphatic hydroxyl groups excluding tert-OH is 4. The number of hydrogen-bond donors (Lipinski definition) is 4. The van der Waals surface area contributed by atoms with Gasteiger partial charge in [-0.15, -0.1) is 0 Å². The average Bonchev–Trinajstić information content (AvgIpc) is 2.40. The second-order valence-electron chi connectivity index (χ2n) is 3.98. The minimum atomic E-state index is -1.44. The zero-order valence-electron chi connectivity index (χ0n) is 13.9. The molecule has 0 heterocycles. The summed E-state index contributed by atoms with van der Waals surface area (Å²) >= 11 is 0. The number of aliphatic carboxylic acids is 4. The maximum atomic E-state index is 9.34. The first-order valence-corrected chi connectivity index (χ1v) is 6.13. The average molecular weight is 368 g/mol. The molecule has 25 heavy (non-hydrogen) atoms. The molecule has 12 heteroatoms. The van der Waals surface area contributed by atoms with Gasteiger partial charge in [0.25, 0.3) is 0 Å². The van der Waals surface area contributed by atoms with Crippen molar-refractivity contribution in [3.05, 3.63) is 7.43 Å². The summed E-state index contributed by atoms with van der Waals surface area (Å²) in [5.41, 5.74) is 0. The van der Waals surface area contributed by atoms with Gasteiger partial charge >= 0.3 is 7.43 Å². The Bertz CT molecular complexity index is 301. The Morgan fingerprint density at radius 1 is 0.520 bits per heavy atom. The molecule has 12 nitrogen and oxygen atoms in total. The number of aliphatic hydroxyl groups is 4. The van der Waals surface area contributed by atoms with Gasteiger partial charge in [-0.3, -0.25) is 0 Å². The normalized spacial score (nSPS) is 13.1. The monoisotopic (exact) mass is 368 g/mol. The van der Waals surface area contributed by atoms with Crippen LogP contribution < -0.4 is 20.4 Å². The molecule has 0 saturated heterocycles. The van der Waals surface area contributed by atoms with Crippen LogP contribution in [0.25, 0.3) is 0 Å². The fourth-order valence-corrected chi connectivity index (χ4v) is 0. The summed E-state index contributed by atoms with van der Waals surface area (Å²) < 4.78 is 0. The predicted molar refractivity (Wildman–Crippen MR) is 70.0 cm³/mol. The van der Waals surface area contributed by atoms with Crippen LogP contribution in [0.2, 0.25) is 0 Å². The molecule has 0 aliphatic rings. The number of carbonyl (C=O) groups is 4. The van der Waals surface area contributed by atoms with E-state index < -0.39 is 48.3 Å². The zero-order valence-corrected chi connectivity index (χ0v) is 13.9. The first kappa shape index (κ1) is 34.1. The molecule has 0 aliphatic heterocycles. The van der Waals surface area contributed by atoms with E-state index in [9.17, 15) is 39.6 Å². The molecule has 0 radical (unpaired) electrons. The SMILES string of the molecule is CC(O)C(=O)[O-].CC(O)C(=O)[O-].CC(O)C(=O)[O-].CC(O)C(=O)[O-].[C+4]. The topological polar surface area (TPSA) is 241 Å². The van der Waals surface area contributed by atoms with E-state index in [1.165, 1.54) is 0 Å². The minimum Gasteiger partial charge on any atom is -0.547 e. The maximum absolute atomic E-state index is 9.34. The van der Waals surface area contributed by atoms with Crippen LogP contribution in [0, 0.1) is 7.43 Å². The molecule has 0 spiro atoms. The van der Waals surface area contributed by atoms with Gasteiger partial charge in [0.05, 0.1) is 48.3 Å². The number of carboxylic acids is 4. The van der Waals surface area contributed by atoms with Gasteiger partial charge in [0.15, 0.2) is 0 Å². The van der Waals surface area contributed by atoms with E-state index in [0.717, 1.165) is 27.7 Å². The third-order valence-electron chi connectivity index (χ3n) is 1.36. The standard InChI is InChI=1S/4C3H6O3.C/c4*1-2(4)3(5)6;/h4*2,4H,1H3,(H,5,6);/q;;;;+4/p-4. The van der Waals surface area contributed by atoms with Gasteiger partial charge in [-0.2, -0.15) is 0 Å². The summed E-state index contributed by atoms with van der Waals surface area (Å²) in [6.07, 6.45) is -5.37. The van der Waals surface area contributed by atoms with E-state index in [1.54, 1.807) is 0 Å². The largest absolute Gasteiger partial charge is 4.00 e. The smallest absolute Gasteiger partial charge is 0.547 e. The Labute approximate surface area is 144 Å². The number of carboxylic acid groups (broad SMARTS) is 4. The van der Waals surface area contributed by atoms with Crippen LogP contribution in [0.3, 0.4) is 0 Å². The van der Waals surface area contributed by atoms with Crippen molar-refractivity contribution in [3.63, 3.8) is 0 Å². The van der Waals surface area contributed by atoms with Crippen LogP contribution in [0.1, 0.15) is 27.7 Å². The molecule has 0 rings (SSSR count). The van der Waals surface area contributed by atoms with Crippen LogP contribution in [-0.2, 0) is 19.2 Å². The Balaban J connectivity index is -0.0000000702. The third kappa shape index (κ3) is 44.9. The van der Waals surface area contributed by atoms with Crippen molar-refractivity contribution in [1.29, 1.82) is 0 Å². The first-order chi connectivity index (χ1) is 10.6. The molecule has 0 bridgehead atoms. The Hall–Kier alpha value is -2.28. The maximum Gasteiger partial charge on any atom is 4.00 e. The quantitative estimate of drug-likeness (QED) is 0.361. The van der Waals surface area contributed by atoms with Crippen LogP contribution >= 0.6 is 0 Å². The predicted octanol–water partition coefficient (Wildman–Crippen LogP) is -7.45. The van der Waals surface area contributed by atoms with Gasteiger partial charge in [-0.25, -0.2) is 0 Å². The van der Waals surface area contributed by atoms with Crippen LogP contribution in [0.5, 0.6) is 0 Å². The van der Waals surface area contributed by atoms with E-state index in [1.807, 2.05) is 0 Å². The second-order valence-corrected chi connectivity index (χ2v) is 3.98. The van der Waals surface area contributed by atoms with Gasteiger partial charge in [0, 0.05) is 0 Å². The summed E-state index contributed by atoms with van der Waals surface area (Å²) in [6.45, 7) is 4.54. The van der Waals surface area contributed by atoms with Crippen molar-refractivity contribution in [2.75, 3.05) is 0 Å². The van der Waals surface area contributed by atoms with E-state index in [2.05, 4.69) is 0 Å². The van der Waals surface area contributed by atoms with E-state index in [0.29, 0.717) is 0 Å². The van der Waals surface area contributed by atoms with Crippen molar-refractivity contribution in [2.45, 2.75) is 52.1 Å². The molecule has 0 saturated carbocycles. The number of carbonyl (C=O) groups excluding carboxylic acids is 4. The Kier molecular flexibility index (Phi) is 27.0. The van der Waals surface area contributed by atoms with E-state index >= 15 is 0 Å². The Morgan fingerprint density at radius 2 is 0.560 bits per heavy atom. The number of hydrogen-bond acceptors (Lipinski definition) is 12. The van der Waals surface area contributed by atoms with Crippen LogP contribution in [-0.4, -0.2) is 68.7 Å². The third-order valence-corrected chi connectivity index (χ3v) is 1.36. The molecule has 4 N–H and O–H groups in total. The van der Waals surface area contributed by atoms with Gasteiger partial charge in [0.1, 0.15) is 0 Å². The molecular weight excluding hydrogens is 348 g/mol. The van der Waals surface area contributed by atoms with Crippen molar-refractivity contribution in [3.8, 4) is 0 Å². The van der Waals surface area contributed by atoms with Gasteiger partial charge < -0.3 is 60.0 Å². The molecule has 144 valence electrons. The second kappa shape index (κ2) is 19.8. The van der Waals surface area contributed by atoms with Crippen molar-refractivity contribution in [2.24, 2.45) is 0 Å². The van der Waals surface area contributed by atoms with Gasteiger partial charge in [-0.05, 0) is 27.7 Å². The summed E-state index contributed by atoms with van der Waals surface area (Å²) in [5, 5.41) is 69.2. The summed E-state index contributed by atoms with van der Waals surface area (Å²) in [7, 11) is 0. The molecule has 0 fully saturated rings. The molecule has 0 aromatic carbocycles. The molecule has 0 aliphatic carbocycles. The van der Waals surface area contributed by atoms with E-state index in [4.69, 9.17) is 20.4 Å². The first-order valence-electron chi connectivity index (χ1n) is 6.13. The van der Waals surface area contributed by atoms with Crippen molar-refractivity contribution >= 4 is 23.9 Å².